The zero-order valence-corrected chi connectivity index (χ0v) is 16.8. The summed E-state index contributed by atoms with van der Waals surface area (Å²) in [5, 5.41) is 2.47. The highest BCUT2D eigenvalue weighted by Crippen LogP contribution is 2.30. The van der Waals surface area contributed by atoms with Gasteiger partial charge in [-0.05, 0) is 42.5 Å². The van der Waals surface area contributed by atoms with Crippen LogP contribution in [0.1, 0.15) is 12.5 Å². The topological polar surface area (TPSA) is 66.5 Å². The van der Waals surface area contributed by atoms with Crippen LogP contribution in [-0.2, 0) is 21.0 Å². The number of likely N-dealkylation sites (N-methyl/N-ethyl adjacent to an activating group) is 1. The molecule has 2 aromatic rings. The first-order valence-electron chi connectivity index (χ1n) is 7.87. The van der Waals surface area contributed by atoms with Crippen LogP contribution in [0, 0.1) is 0 Å². The van der Waals surface area contributed by atoms with E-state index in [0.717, 1.165) is 28.6 Å². The third-order valence-electron chi connectivity index (χ3n) is 3.68. The second kappa shape index (κ2) is 8.69. The molecule has 0 unspecified atom stereocenters. The maximum atomic E-state index is 12.8. The first-order chi connectivity index (χ1) is 12.9. The first kappa shape index (κ1) is 22.5. The molecule has 2 rings (SSSR count). The Morgan fingerprint density at radius 2 is 1.71 bits per heavy atom. The van der Waals surface area contributed by atoms with Gasteiger partial charge in [0.1, 0.15) is 4.90 Å². The van der Waals surface area contributed by atoms with Crippen LogP contribution in [0.5, 0.6) is 0 Å². The van der Waals surface area contributed by atoms with Crippen LogP contribution in [0.15, 0.2) is 47.4 Å². The molecule has 0 aromatic heterocycles. The number of halogens is 5. The van der Waals surface area contributed by atoms with E-state index in [0.29, 0.717) is 0 Å². The molecule has 5 nitrogen and oxygen atoms in total. The van der Waals surface area contributed by atoms with Crippen molar-refractivity contribution in [1.82, 2.24) is 4.31 Å². The Morgan fingerprint density at radius 1 is 1.11 bits per heavy atom. The number of anilines is 1. The lowest BCUT2D eigenvalue weighted by Crippen LogP contribution is -2.38. The summed E-state index contributed by atoms with van der Waals surface area (Å²) in [6.45, 7) is 0.940. The maximum absolute atomic E-state index is 12.8. The van der Waals surface area contributed by atoms with Crippen LogP contribution >= 0.6 is 23.2 Å². The minimum atomic E-state index is -4.49. The van der Waals surface area contributed by atoms with Crippen LogP contribution in [0.4, 0.5) is 18.9 Å². The summed E-state index contributed by atoms with van der Waals surface area (Å²) < 4.78 is 64.1. The van der Waals surface area contributed by atoms with Gasteiger partial charge in [0.25, 0.3) is 0 Å². The number of nitrogens with zero attached hydrogens (tertiary/aromatic N) is 1. The molecule has 1 N–H and O–H groups in total. The van der Waals surface area contributed by atoms with Crippen molar-refractivity contribution in [2.45, 2.75) is 18.0 Å². The number of carbonyl (C=O) groups is 1. The molecule has 0 fully saturated rings. The smallest absolute Gasteiger partial charge is 0.325 e. The normalized spacial score (nSPS) is 12.2. The molecule has 28 heavy (non-hydrogen) atoms. The number of nitrogens with one attached hydrogen (secondary N) is 1. The monoisotopic (exact) mass is 454 g/mol. The molecule has 0 radical (unpaired) electrons. The second-order valence-corrected chi connectivity index (χ2v) is 8.38. The lowest BCUT2D eigenvalue weighted by molar-refractivity contribution is -0.137. The molecule has 152 valence electrons. The molecular weight excluding hydrogens is 440 g/mol. The van der Waals surface area contributed by atoms with E-state index in [1.54, 1.807) is 0 Å². The molecule has 0 spiro atoms. The molecule has 0 saturated carbocycles. The third-order valence-corrected chi connectivity index (χ3v) is 6.32. The molecular formula is C17H15Cl2F3N2O3S. The maximum Gasteiger partial charge on any atom is 0.416 e. The Kier molecular flexibility index (Phi) is 6.97. The van der Waals surface area contributed by atoms with E-state index in [9.17, 15) is 26.4 Å². The predicted molar refractivity (Wildman–Crippen MR) is 101 cm³/mol. The van der Waals surface area contributed by atoms with Crippen molar-refractivity contribution in [2.75, 3.05) is 18.4 Å². The summed E-state index contributed by atoms with van der Waals surface area (Å²) in [5.41, 5.74) is -0.758. The number of hydrogen-bond donors (Lipinski definition) is 1. The van der Waals surface area contributed by atoms with Gasteiger partial charge in [-0.3, -0.25) is 4.79 Å². The minimum absolute atomic E-state index is 0.0361. The summed E-state index contributed by atoms with van der Waals surface area (Å²) in [6, 6.07) is 7.73. The molecule has 0 heterocycles. The summed E-state index contributed by atoms with van der Waals surface area (Å²) in [7, 11) is -4.11. The molecule has 1 amide bonds. The van der Waals surface area contributed by atoms with Gasteiger partial charge in [0.2, 0.25) is 15.9 Å². The van der Waals surface area contributed by atoms with Gasteiger partial charge in [0, 0.05) is 17.3 Å². The first-order valence-corrected chi connectivity index (χ1v) is 10.1. The Balaban J connectivity index is 2.15. The van der Waals surface area contributed by atoms with Crippen molar-refractivity contribution < 1.29 is 26.4 Å². The predicted octanol–water partition coefficient (Wildman–Crippen LogP) is 4.66. The van der Waals surface area contributed by atoms with Crippen molar-refractivity contribution in [3.63, 3.8) is 0 Å². The Bertz CT molecular complexity index is 965. The van der Waals surface area contributed by atoms with Crippen LogP contribution in [-0.4, -0.2) is 31.7 Å². The highest BCUT2D eigenvalue weighted by atomic mass is 35.5. The van der Waals surface area contributed by atoms with Crippen molar-refractivity contribution in [3.8, 4) is 0 Å². The quantitative estimate of drug-likeness (QED) is 0.689. The Hall–Kier alpha value is -1.81. The van der Waals surface area contributed by atoms with Crippen LogP contribution < -0.4 is 5.32 Å². The molecule has 2 aromatic carbocycles. The number of hydrogen-bond acceptors (Lipinski definition) is 3. The van der Waals surface area contributed by atoms with Gasteiger partial charge in [-0.2, -0.15) is 17.5 Å². The third kappa shape index (κ3) is 5.38. The van der Waals surface area contributed by atoms with E-state index in [2.05, 4.69) is 5.32 Å². The highest BCUT2D eigenvalue weighted by molar-refractivity contribution is 7.89. The van der Waals surface area contributed by atoms with Gasteiger partial charge in [-0.1, -0.05) is 30.1 Å². The number of sulfonamides is 1. The number of rotatable bonds is 6. The summed E-state index contributed by atoms with van der Waals surface area (Å²) in [6.07, 6.45) is -4.49. The number of alkyl halides is 3. The highest BCUT2D eigenvalue weighted by Gasteiger charge is 2.30. The summed E-state index contributed by atoms with van der Waals surface area (Å²) >= 11 is 11.8. The lowest BCUT2D eigenvalue weighted by atomic mass is 10.2. The molecule has 0 aliphatic rings. The standard InChI is InChI=1S/C17H15Cl2F3N2O3S/c1-2-24(28(26,27)15-9-12(18)5-8-14(15)19)10-16(25)23-13-6-3-11(4-7-13)17(20,21)22/h3-9H,2,10H2,1H3,(H,23,25). The SMILES string of the molecule is CCN(CC(=O)Nc1ccc(C(F)(F)F)cc1)S(=O)(=O)c1cc(Cl)ccc1Cl. The Labute approximate surface area is 170 Å². The molecule has 11 heteroatoms. The van der Waals surface area contributed by atoms with Crippen LogP contribution in [0.2, 0.25) is 10.0 Å². The lowest BCUT2D eigenvalue weighted by Gasteiger charge is -2.21. The van der Waals surface area contributed by atoms with Gasteiger partial charge in [-0.15, -0.1) is 0 Å². The zero-order chi connectivity index (χ0) is 21.1. The fraction of sp³-hybridized carbons (Fsp3) is 0.235. The summed E-state index contributed by atoms with van der Waals surface area (Å²) in [5.74, 6) is -0.719. The van der Waals surface area contributed by atoms with Crippen molar-refractivity contribution in [1.29, 1.82) is 0 Å². The van der Waals surface area contributed by atoms with Gasteiger partial charge in [-0.25, -0.2) is 8.42 Å². The summed E-state index contributed by atoms with van der Waals surface area (Å²) in [4.78, 5) is 12.0. The van der Waals surface area contributed by atoms with Crippen LogP contribution in [0.3, 0.4) is 0 Å². The van der Waals surface area contributed by atoms with E-state index in [-0.39, 0.29) is 27.2 Å². The van der Waals surface area contributed by atoms with E-state index in [4.69, 9.17) is 23.2 Å². The molecule has 0 saturated heterocycles. The molecule has 0 atom stereocenters. The van der Waals surface area contributed by atoms with E-state index in [1.165, 1.54) is 25.1 Å². The largest absolute Gasteiger partial charge is 0.416 e. The van der Waals surface area contributed by atoms with Crippen LogP contribution in [0.25, 0.3) is 0 Å². The molecule has 0 bridgehead atoms. The Morgan fingerprint density at radius 3 is 2.25 bits per heavy atom. The number of benzene rings is 2. The van der Waals surface area contributed by atoms with Crippen molar-refractivity contribution >= 4 is 44.8 Å². The fourth-order valence-corrected chi connectivity index (χ4v) is 4.43. The molecule has 0 aliphatic carbocycles. The van der Waals surface area contributed by atoms with Crippen molar-refractivity contribution in [2.24, 2.45) is 0 Å². The van der Waals surface area contributed by atoms with Crippen molar-refractivity contribution in [3.05, 3.63) is 58.1 Å². The van der Waals surface area contributed by atoms with Gasteiger partial charge < -0.3 is 5.32 Å². The minimum Gasteiger partial charge on any atom is -0.325 e. The van der Waals surface area contributed by atoms with E-state index in [1.807, 2.05) is 0 Å². The zero-order valence-electron chi connectivity index (χ0n) is 14.4. The van der Waals surface area contributed by atoms with E-state index >= 15 is 0 Å². The number of carbonyl (C=O) groups excluding carboxylic acids is 1. The van der Waals surface area contributed by atoms with Gasteiger partial charge in [0.05, 0.1) is 17.1 Å². The average Bonchev–Trinajstić information content (AvgIpc) is 2.61. The second-order valence-electron chi connectivity index (χ2n) is 5.63. The fourth-order valence-electron chi connectivity index (χ4n) is 2.28. The molecule has 0 aliphatic heterocycles. The van der Waals surface area contributed by atoms with E-state index < -0.39 is 34.2 Å². The van der Waals surface area contributed by atoms with Gasteiger partial charge in [0.15, 0.2) is 0 Å². The average molecular weight is 455 g/mol. The number of amides is 1. The van der Waals surface area contributed by atoms with Gasteiger partial charge >= 0.3 is 6.18 Å².